The van der Waals surface area contributed by atoms with Gasteiger partial charge in [0.25, 0.3) is 0 Å². The van der Waals surface area contributed by atoms with Crippen molar-refractivity contribution in [1.82, 2.24) is 0 Å². The summed E-state index contributed by atoms with van der Waals surface area (Å²) >= 11 is 5.32. The molecule has 0 heterocycles. The van der Waals surface area contributed by atoms with Gasteiger partial charge >= 0.3 is 0 Å². The number of carbonyl (C=O) groups excluding carboxylic acids is 1. The van der Waals surface area contributed by atoms with Crippen molar-refractivity contribution in [1.29, 1.82) is 0 Å². The number of halogens is 1. The Bertz CT molecular complexity index is 228. The Labute approximate surface area is 70.5 Å². The Morgan fingerprint density at radius 3 is 3.09 bits per heavy atom. The van der Waals surface area contributed by atoms with E-state index in [1.807, 2.05) is 12.2 Å². The van der Waals surface area contributed by atoms with Gasteiger partial charge in [0.2, 0.25) is 5.24 Å². The summed E-state index contributed by atoms with van der Waals surface area (Å²) in [5.41, 5.74) is 1.56. The molecule has 0 aromatic rings. The zero-order valence-corrected chi connectivity index (χ0v) is 7.02. The lowest BCUT2D eigenvalue weighted by atomic mass is 10.2. The van der Waals surface area contributed by atoms with Crippen molar-refractivity contribution in [2.24, 2.45) is 0 Å². The number of hydrogen-bond donors (Lipinski definition) is 0. The largest absolute Gasteiger partial charge is 0.380 e. The first-order valence-electron chi connectivity index (χ1n) is 3.33. The van der Waals surface area contributed by atoms with E-state index >= 15 is 0 Å². The SMILES string of the molecule is COCC1=C(C(=O)Cl)CC=C1. The summed E-state index contributed by atoms with van der Waals surface area (Å²) in [6, 6.07) is 0. The zero-order valence-electron chi connectivity index (χ0n) is 6.26. The standard InChI is InChI=1S/C8H9ClO2/c1-11-5-6-3-2-4-7(6)8(9)10/h2-3H,4-5H2,1H3. The highest BCUT2D eigenvalue weighted by Crippen LogP contribution is 2.20. The molecular weight excluding hydrogens is 164 g/mol. The topological polar surface area (TPSA) is 26.3 Å². The van der Waals surface area contributed by atoms with E-state index in [-0.39, 0.29) is 5.24 Å². The van der Waals surface area contributed by atoms with Crippen LogP contribution < -0.4 is 0 Å². The zero-order chi connectivity index (χ0) is 8.27. The van der Waals surface area contributed by atoms with Gasteiger partial charge in [-0.15, -0.1) is 0 Å². The molecule has 1 aliphatic rings. The summed E-state index contributed by atoms with van der Waals surface area (Å²) < 4.78 is 4.89. The predicted molar refractivity (Wildman–Crippen MR) is 43.5 cm³/mol. The molecule has 60 valence electrons. The number of rotatable bonds is 3. The molecule has 1 rings (SSSR count). The molecule has 2 nitrogen and oxygen atoms in total. The van der Waals surface area contributed by atoms with Crippen molar-refractivity contribution in [2.75, 3.05) is 13.7 Å². The van der Waals surface area contributed by atoms with Crippen LogP contribution in [0.25, 0.3) is 0 Å². The summed E-state index contributed by atoms with van der Waals surface area (Å²) in [5.74, 6) is 0. The second kappa shape index (κ2) is 3.69. The van der Waals surface area contributed by atoms with Gasteiger partial charge in [-0.3, -0.25) is 4.79 Å². The van der Waals surface area contributed by atoms with Crippen LogP contribution in [0.2, 0.25) is 0 Å². The van der Waals surface area contributed by atoms with E-state index in [2.05, 4.69) is 0 Å². The van der Waals surface area contributed by atoms with Crippen molar-refractivity contribution in [3.05, 3.63) is 23.3 Å². The van der Waals surface area contributed by atoms with E-state index in [1.54, 1.807) is 7.11 Å². The Morgan fingerprint density at radius 1 is 1.82 bits per heavy atom. The number of ether oxygens (including phenoxy) is 1. The average Bonchev–Trinajstić information content (AvgIpc) is 2.36. The number of allylic oxidation sites excluding steroid dienone is 2. The molecule has 0 aromatic carbocycles. The summed E-state index contributed by atoms with van der Waals surface area (Å²) in [6.45, 7) is 0.463. The summed E-state index contributed by atoms with van der Waals surface area (Å²) in [5, 5.41) is -0.373. The van der Waals surface area contributed by atoms with Gasteiger partial charge in [0, 0.05) is 12.7 Å². The lowest BCUT2D eigenvalue weighted by molar-refractivity contribution is -0.108. The second-order valence-electron chi connectivity index (χ2n) is 2.32. The number of carbonyl (C=O) groups is 1. The fraction of sp³-hybridized carbons (Fsp3) is 0.375. The van der Waals surface area contributed by atoms with Crippen LogP contribution in [0.3, 0.4) is 0 Å². The van der Waals surface area contributed by atoms with Gasteiger partial charge in [-0.2, -0.15) is 0 Å². The first kappa shape index (κ1) is 8.50. The van der Waals surface area contributed by atoms with Gasteiger partial charge < -0.3 is 4.74 Å². The van der Waals surface area contributed by atoms with E-state index < -0.39 is 0 Å². The Hall–Kier alpha value is -0.600. The molecule has 11 heavy (non-hydrogen) atoms. The molecule has 0 fully saturated rings. The Kier molecular flexibility index (Phi) is 2.85. The van der Waals surface area contributed by atoms with Crippen LogP contribution in [0.1, 0.15) is 6.42 Å². The molecule has 3 heteroatoms. The third-order valence-corrected chi connectivity index (χ3v) is 1.79. The van der Waals surface area contributed by atoms with Crippen LogP contribution >= 0.6 is 11.6 Å². The second-order valence-corrected chi connectivity index (χ2v) is 2.66. The first-order valence-corrected chi connectivity index (χ1v) is 3.71. The fourth-order valence-corrected chi connectivity index (χ4v) is 1.25. The lowest BCUT2D eigenvalue weighted by Gasteiger charge is -1.99. The van der Waals surface area contributed by atoms with Crippen molar-refractivity contribution >= 4 is 16.8 Å². The highest BCUT2D eigenvalue weighted by molar-refractivity contribution is 6.67. The van der Waals surface area contributed by atoms with Crippen LogP contribution in [0, 0.1) is 0 Å². The van der Waals surface area contributed by atoms with E-state index in [0.29, 0.717) is 18.6 Å². The molecule has 0 unspecified atom stereocenters. The van der Waals surface area contributed by atoms with Crippen LogP contribution in [0.15, 0.2) is 23.3 Å². The number of methoxy groups -OCH3 is 1. The minimum absolute atomic E-state index is 0.373. The predicted octanol–water partition coefficient (Wildman–Crippen LogP) is 1.65. The molecule has 0 bridgehead atoms. The summed E-state index contributed by atoms with van der Waals surface area (Å²) in [4.78, 5) is 10.7. The van der Waals surface area contributed by atoms with E-state index in [9.17, 15) is 4.79 Å². The molecule has 0 radical (unpaired) electrons. The van der Waals surface area contributed by atoms with E-state index in [1.165, 1.54) is 0 Å². The highest BCUT2D eigenvalue weighted by atomic mass is 35.5. The monoisotopic (exact) mass is 172 g/mol. The smallest absolute Gasteiger partial charge is 0.249 e. The first-order chi connectivity index (χ1) is 5.25. The van der Waals surface area contributed by atoms with E-state index in [4.69, 9.17) is 16.3 Å². The lowest BCUT2D eigenvalue weighted by Crippen LogP contribution is -1.98. The van der Waals surface area contributed by atoms with Gasteiger partial charge in [-0.1, -0.05) is 12.2 Å². The fourth-order valence-electron chi connectivity index (χ4n) is 1.05. The van der Waals surface area contributed by atoms with Crippen LogP contribution in [-0.2, 0) is 9.53 Å². The molecule has 0 atom stereocenters. The van der Waals surface area contributed by atoms with Gasteiger partial charge in [0.1, 0.15) is 0 Å². The molecule has 0 N–H and O–H groups in total. The van der Waals surface area contributed by atoms with Crippen molar-refractivity contribution in [3.8, 4) is 0 Å². The van der Waals surface area contributed by atoms with Crippen LogP contribution in [0.4, 0.5) is 0 Å². The van der Waals surface area contributed by atoms with Crippen LogP contribution in [0.5, 0.6) is 0 Å². The molecule has 1 aliphatic carbocycles. The van der Waals surface area contributed by atoms with Gasteiger partial charge in [-0.05, 0) is 23.6 Å². The molecule has 0 saturated carbocycles. The van der Waals surface area contributed by atoms with Gasteiger partial charge in [-0.25, -0.2) is 0 Å². The quantitative estimate of drug-likeness (QED) is 0.606. The maximum absolute atomic E-state index is 10.7. The molecular formula is C8H9ClO2. The highest BCUT2D eigenvalue weighted by Gasteiger charge is 2.13. The summed E-state index contributed by atoms with van der Waals surface area (Å²) in [7, 11) is 1.59. The molecule has 0 spiro atoms. The van der Waals surface area contributed by atoms with Crippen molar-refractivity contribution < 1.29 is 9.53 Å². The van der Waals surface area contributed by atoms with Gasteiger partial charge in [0.05, 0.1) is 6.61 Å². The molecule has 0 saturated heterocycles. The van der Waals surface area contributed by atoms with Gasteiger partial charge in [0.15, 0.2) is 0 Å². The van der Waals surface area contributed by atoms with Crippen LogP contribution in [-0.4, -0.2) is 19.0 Å². The van der Waals surface area contributed by atoms with E-state index in [0.717, 1.165) is 5.57 Å². The Balaban J connectivity index is 2.75. The third-order valence-electron chi connectivity index (χ3n) is 1.57. The minimum Gasteiger partial charge on any atom is -0.380 e. The minimum atomic E-state index is -0.373. The molecule has 0 aromatic heterocycles. The number of hydrogen-bond acceptors (Lipinski definition) is 2. The normalized spacial score (nSPS) is 16.2. The summed E-state index contributed by atoms with van der Waals surface area (Å²) in [6.07, 6.45) is 4.42. The maximum atomic E-state index is 10.7. The van der Waals surface area contributed by atoms with Crippen molar-refractivity contribution in [3.63, 3.8) is 0 Å². The molecule has 0 aliphatic heterocycles. The van der Waals surface area contributed by atoms with Crippen molar-refractivity contribution in [2.45, 2.75) is 6.42 Å². The average molecular weight is 173 g/mol. The Morgan fingerprint density at radius 2 is 2.55 bits per heavy atom. The third kappa shape index (κ3) is 1.91. The maximum Gasteiger partial charge on any atom is 0.249 e. The molecule has 0 amide bonds.